The lowest BCUT2D eigenvalue weighted by Crippen LogP contribution is -2.46. The van der Waals surface area contributed by atoms with Gasteiger partial charge in [-0.15, -0.1) is 0 Å². The fourth-order valence-corrected chi connectivity index (χ4v) is 5.90. The number of nitrogens with one attached hydrogen (secondary N) is 2. The fraction of sp³-hybridized carbons (Fsp3) is 0.273. The molecular weight excluding hydrogens is 532 g/mol. The highest BCUT2D eigenvalue weighted by atomic mass is 19.1. The molecule has 0 saturated carbocycles. The van der Waals surface area contributed by atoms with Gasteiger partial charge in [-0.25, -0.2) is 8.78 Å². The van der Waals surface area contributed by atoms with E-state index >= 15 is 0 Å². The molecular formula is C33H35F2N7. The number of rotatable bonds is 8. The molecule has 1 atom stereocenters. The average Bonchev–Trinajstić information content (AvgIpc) is 3.34. The van der Waals surface area contributed by atoms with Gasteiger partial charge in [0.25, 0.3) is 0 Å². The van der Waals surface area contributed by atoms with Gasteiger partial charge in [-0.2, -0.15) is 5.10 Å². The van der Waals surface area contributed by atoms with Crippen molar-refractivity contribution in [3.63, 3.8) is 0 Å². The molecule has 1 unspecified atom stereocenters. The summed E-state index contributed by atoms with van der Waals surface area (Å²) in [6.45, 7) is 8.76. The van der Waals surface area contributed by atoms with Crippen molar-refractivity contribution in [1.29, 1.82) is 0 Å². The molecule has 0 amide bonds. The second-order valence-corrected chi connectivity index (χ2v) is 10.9. The van der Waals surface area contributed by atoms with Crippen LogP contribution in [0.4, 0.5) is 20.2 Å². The zero-order chi connectivity index (χ0) is 29.2. The van der Waals surface area contributed by atoms with E-state index in [0.29, 0.717) is 12.2 Å². The number of aromatic nitrogens is 2. The Morgan fingerprint density at radius 3 is 2.50 bits per heavy atom. The maximum atomic E-state index is 14.0. The van der Waals surface area contributed by atoms with E-state index in [0.717, 1.165) is 65.5 Å². The van der Waals surface area contributed by atoms with Crippen molar-refractivity contribution >= 4 is 17.7 Å². The normalized spacial score (nSPS) is 16.7. The van der Waals surface area contributed by atoms with Crippen LogP contribution < -0.4 is 15.5 Å². The molecule has 9 heteroatoms. The van der Waals surface area contributed by atoms with Gasteiger partial charge in [-0.1, -0.05) is 49.0 Å². The first-order valence-corrected chi connectivity index (χ1v) is 14.3. The highest BCUT2D eigenvalue weighted by Gasteiger charge is 2.30. The van der Waals surface area contributed by atoms with Crippen LogP contribution in [-0.4, -0.2) is 40.2 Å². The van der Waals surface area contributed by atoms with Crippen molar-refractivity contribution in [2.75, 3.05) is 23.3 Å². The first-order valence-electron chi connectivity index (χ1n) is 14.3. The smallest absolute Gasteiger partial charge is 0.146 e. The summed E-state index contributed by atoms with van der Waals surface area (Å²) in [6.07, 6.45) is 3.24. The van der Waals surface area contributed by atoms with Crippen LogP contribution in [0.1, 0.15) is 35.8 Å². The fourth-order valence-electron chi connectivity index (χ4n) is 5.90. The topological polar surface area (TPSA) is 60.7 Å². The molecule has 1 saturated heterocycles. The lowest BCUT2D eigenvalue weighted by atomic mass is 10.0. The number of para-hydroxylation sites is 1. The molecule has 0 radical (unpaired) electrons. The Kier molecular flexibility index (Phi) is 7.75. The molecule has 3 heterocycles. The van der Waals surface area contributed by atoms with Crippen molar-refractivity contribution in [1.82, 2.24) is 20.0 Å². The maximum absolute atomic E-state index is 14.0. The summed E-state index contributed by atoms with van der Waals surface area (Å²) in [5, 5.41) is 11.6. The summed E-state index contributed by atoms with van der Waals surface area (Å²) in [6, 6.07) is 21.7. The number of fused-ring (bicyclic) bond motifs is 1. The van der Waals surface area contributed by atoms with Crippen LogP contribution in [0.3, 0.4) is 0 Å². The largest absolute Gasteiger partial charge is 0.358 e. The zero-order valence-electron chi connectivity index (χ0n) is 23.9. The van der Waals surface area contributed by atoms with Gasteiger partial charge in [-0.3, -0.25) is 15.0 Å². The Labute approximate surface area is 245 Å². The van der Waals surface area contributed by atoms with Gasteiger partial charge >= 0.3 is 0 Å². The molecule has 0 aliphatic carbocycles. The summed E-state index contributed by atoms with van der Waals surface area (Å²) in [5.41, 5.74) is 6.28. The number of piperidine rings is 1. The minimum atomic E-state index is -0.295. The number of anilines is 2. The Bertz CT molecular complexity index is 1620. The van der Waals surface area contributed by atoms with Crippen LogP contribution in [-0.2, 0) is 13.6 Å². The van der Waals surface area contributed by atoms with E-state index < -0.39 is 0 Å². The van der Waals surface area contributed by atoms with E-state index in [-0.39, 0.29) is 23.8 Å². The Morgan fingerprint density at radius 1 is 1.02 bits per heavy atom. The molecule has 42 heavy (non-hydrogen) atoms. The summed E-state index contributed by atoms with van der Waals surface area (Å²) in [7, 11) is 1.89. The van der Waals surface area contributed by atoms with Crippen LogP contribution >= 0.6 is 0 Å². The highest BCUT2D eigenvalue weighted by molar-refractivity contribution is 5.88. The molecule has 1 aromatic heterocycles. The van der Waals surface area contributed by atoms with Crippen molar-refractivity contribution in [3.05, 3.63) is 114 Å². The van der Waals surface area contributed by atoms with E-state index in [4.69, 9.17) is 5.10 Å². The van der Waals surface area contributed by atoms with E-state index in [1.165, 1.54) is 18.2 Å². The van der Waals surface area contributed by atoms with Crippen LogP contribution in [0, 0.1) is 18.6 Å². The predicted octanol–water partition coefficient (Wildman–Crippen LogP) is 6.36. The lowest BCUT2D eigenvalue weighted by molar-refractivity contribution is 0.226. The Hall–Kier alpha value is -4.50. The van der Waals surface area contributed by atoms with Crippen molar-refractivity contribution in [2.24, 2.45) is 12.0 Å². The monoisotopic (exact) mass is 567 g/mol. The molecule has 0 spiro atoms. The number of aliphatic imine (C=N–C) groups is 1. The van der Waals surface area contributed by atoms with Crippen LogP contribution in [0.5, 0.6) is 0 Å². The second kappa shape index (κ2) is 11.8. The number of halogens is 2. The number of nitrogens with zero attached hydrogens (tertiary/aromatic N) is 5. The number of hydrogen-bond acceptors (Lipinski definition) is 6. The van der Waals surface area contributed by atoms with Gasteiger partial charge in [0, 0.05) is 44.0 Å². The summed E-state index contributed by atoms with van der Waals surface area (Å²) in [5.74, 6) is 0.367. The van der Waals surface area contributed by atoms with Gasteiger partial charge in [0.05, 0.1) is 12.0 Å². The second-order valence-electron chi connectivity index (χ2n) is 10.9. The third-order valence-electron chi connectivity index (χ3n) is 8.08. The van der Waals surface area contributed by atoms with Crippen LogP contribution in [0.15, 0.2) is 90.2 Å². The molecule has 0 bridgehead atoms. The third kappa shape index (κ3) is 5.65. The van der Waals surface area contributed by atoms with E-state index in [9.17, 15) is 8.78 Å². The number of aryl methyl sites for hydroxylation is 2. The van der Waals surface area contributed by atoms with Crippen LogP contribution in [0.25, 0.3) is 11.3 Å². The van der Waals surface area contributed by atoms with Crippen molar-refractivity contribution in [2.45, 2.75) is 38.5 Å². The highest BCUT2D eigenvalue weighted by Crippen LogP contribution is 2.36. The quantitative estimate of drug-likeness (QED) is 0.260. The molecule has 4 aromatic rings. The number of benzene rings is 3. The predicted molar refractivity (Wildman–Crippen MR) is 164 cm³/mol. The summed E-state index contributed by atoms with van der Waals surface area (Å²) < 4.78 is 29.8. The molecule has 2 aliphatic rings. The van der Waals surface area contributed by atoms with E-state index in [1.54, 1.807) is 24.5 Å². The van der Waals surface area contributed by atoms with Gasteiger partial charge in [0.2, 0.25) is 0 Å². The minimum Gasteiger partial charge on any atom is -0.358 e. The zero-order valence-corrected chi connectivity index (χ0v) is 23.9. The van der Waals surface area contributed by atoms with Gasteiger partial charge < -0.3 is 15.1 Å². The van der Waals surface area contributed by atoms with Crippen molar-refractivity contribution in [3.8, 4) is 11.3 Å². The van der Waals surface area contributed by atoms with Gasteiger partial charge in [0.15, 0.2) is 0 Å². The maximum Gasteiger partial charge on any atom is 0.146 e. The molecule has 3 aromatic carbocycles. The summed E-state index contributed by atoms with van der Waals surface area (Å²) >= 11 is 0. The van der Waals surface area contributed by atoms with E-state index in [1.807, 2.05) is 36.0 Å². The lowest BCUT2D eigenvalue weighted by Gasteiger charge is -2.41. The summed E-state index contributed by atoms with van der Waals surface area (Å²) in [4.78, 5) is 9.18. The molecule has 2 aliphatic heterocycles. The van der Waals surface area contributed by atoms with Crippen molar-refractivity contribution < 1.29 is 8.78 Å². The third-order valence-corrected chi connectivity index (χ3v) is 8.08. The molecule has 1 fully saturated rings. The van der Waals surface area contributed by atoms with Gasteiger partial charge in [-0.05, 0) is 61.2 Å². The van der Waals surface area contributed by atoms with Gasteiger partial charge in [0.1, 0.15) is 35.0 Å². The SMILES string of the molecule is C=C(N1CCC(NC2N=CNc3c(-c4cccc(F)c4)nn(C)c32)CC1)N(Cc1cccc(F)c1)c1ccccc1C. The minimum absolute atomic E-state index is 0.241. The average molecular weight is 568 g/mol. The number of hydrogen-bond donors (Lipinski definition) is 2. The molecule has 2 N–H and O–H groups in total. The molecule has 7 nitrogen and oxygen atoms in total. The first kappa shape index (κ1) is 27.7. The van der Waals surface area contributed by atoms with E-state index in [2.05, 4.69) is 51.1 Å². The standard InChI is InChI=1S/C33H35F2N7/c1-22-8-4-5-13-29(22)42(20-24-9-6-11-26(34)18-24)23(2)41-16-14-28(15-17-41)38-33-32-31(36-21-37-33)30(39-40(32)3)25-10-7-12-27(35)19-25/h4-13,18-19,21,28,33,38H,2,14-17,20H2,1,3H3,(H,36,37). The Balaban J connectivity index is 1.15. The molecule has 216 valence electrons. The Morgan fingerprint density at radius 2 is 1.76 bits per heavy atom. The number of likely N-dealkylation sites (tertiary alicyclic amines) is 1. The first-order chi connectivity index (χ1) is 20.4. The molecule has 6 rings (SSSR count). The van der Waals surface area contributed by atoms with Crippen LogP contribution in [0.2, 0.25) is 0 Å².